The van der Waals surface area contributed by atoms with Gasteiger partial charge in [0.25, 0.3) is 10.1 Å². The molecule has 1 aromatic heterocycles. The lowest BCUT2D eigenvalue weighted by Crippen LogP contribution is -1.97. The van der Waals surface area contributed by atoms with Crippen LogP contribution in [0.4, 0.5) is 0 Å². The fraction of sp³-hybridized carbons (Fsp3) is 0.125. The van der Waals surface area contributed by atoms with E-state index >= 15 is 0 Å². The Labute approximate surface area is 130 Å². The molecule has 0 aliphatic heterocycles. The Morgan fingerprint density at radius 3 is 1.77 bits per heavy atom. The summed E-state index contributed by atoms with van der Waals surface area (Å²) in [4.78, 5) is 14.4. The maximum atomic E-state index is 10.5. The SMILES string of the molecule is CCS(=O)(=O)O.O=Cc1ccc(C=Cc2ccncc2)cc1. The molecule has 0 spiro atoms. The van der Waals surface area contributed by atoms with Crippen LogP contribution in [0.15, 0.2) is 48.8 Å². The number of aldehydes is 1. The summed E-state index contributed by atoms with van der Waals surface area (Å²) in [7, 11) is -3.66. The lowest BCUT2D eigenvalue weighted by atomic mass is 10.1. The number of aromatic nitrogens is 1. The molecule has 0 saturated carbocycles. The number of carbonyl (C=O) groups is 1. The van der Waals surface area contributed by atoms with Crippen LogP contribution in [0.5, 0.6) is 0 Å². The van der Waals surface area contributed by atoms with Gasteiger partial charge in [-0.3, -0.25) is 14.3 Å². The molecular weight excluding hydrogens is 302 g/mol. The number of nitrogens with zero attached hydrogens (tertiary/aromatic N) is 1. The zero-order chi connectivity index (χ0) is 16.4. The van der Waals surface area contributed by atoms with Crippen molar-refractivity contribution < 1.29 is 17.8 Å². The number of rotatable bonds is 4. The quantitative estimate of drug-likeness (QED) is 0.692. The van der Waals surface area contributed by atoms with Crippen LogP contribution in [0, 0.1) is 0 Å². The minimum atomic E-state index is -3.66. The summed E-state index contributed by atoms with van der Waals surface area (Å²) >= 11 is 0. The molecule has 1 aromatic carbocycles. The fourth-order valence-electron chi connectivity index (χ4n) is 1.35. The summed E-state index contributed by atoms with van der Waals surface area (Å²) in [5.41, 5.74) is 2.87. The average molecular weight is 319 g/mol. The van der Waals surface area contributed by atoms with E-state index in [2.05, 4.69) is 4.98 Å². The van der Waals surface area contributed by atoms with Crippen molar-refractivity contribution in [3.63, 3.8) is 0 Å². The number of pyridine rings is 1. The Hall–Kier alpha value is -2.31. The van der Waals surface area contributed by atoms with E-state index in [-0.39, 0.29) is 5.75 Å². The third-order valence-corrected chi connectivity index (χ3v) is 3.34. The summed E-state index contributed by atoms with van der Waals surface area (Å²) in [5.74, 6) is -0.201. The van der Waals surface area contributed by atoms with Crippen LogP contribution in [-0.4, -0.2) is 30.0 Å². The topological polar surface area (TPSA) is 84.3 Å². The molecule has 0 bridgehead atoms. The molecule has 22 heavy (non-hydrogen) atoms. The van der Waals surface area contributed by atoms with Crippen molar-refractivity contribution in [1.82, 2.24) is 4.98 Å². The highest BCUT2D eigenvalue weighted by Gasteiger charge is 1.93. The Morgan fingerprint density at radius 2 is 1.36 bits per heavy atom. The van der Waals surface area contributed by atoms with Gasteiger partial charge in [0.15, 0.2) is 0 Å². The minimum Gasteiger partial charge on any atom is -0.298 e. The summed E-state index contributed by atoms with van der Waals surface area (Å²) in [6, 6.07) is 11.3. The second-order valence-electron chi connectivity index (χ2n) is 4.27. The number of benzene rings is 1. The molecule has 0 amide bonds. The molecule has 0 saturated heterocycles. The van der Waals surface area contributed by atoms with Crippen LogP contribution in [-0.2, 0) is 10.1 Å². The van der Waals surface area contributed by atoms with Gasteiger partial charge in [-0.15, -0.1) is 0 Å². The van der Waals surface area contributed by atoms with E-state index in [0.29, 0.717) is 5.56 Å². The predicted octanol–water partition coefficient (Wildman–Crippen LogP) is 2.96. The molecule has 0 unspecified atom stereocenters. The Bertz CT molecular complexity index is 708. The number of hydrogen-bond donors (Lipinski definition) is 1. The molecule has 1 heterocycles. The molecule has 1 N–H and O–H groups in total. The van der Waals surface area contributed by atoms with Gasteiger partial charge in [0.1, 0.15) is 6.29 Å². The van der Waals surface area contributed by atoms with E-state index in [9.17, 15) is 13.2 Å². The lowest BCUT2D eigenvalue weighted by Gasteiger charge is -1.94. The van der Waals surface area contributed by atoms with Gasteiger partial charge in [-0.1, -0.05) is 36.4 Å². The van der Waals surface area contributed by atoms with Crippen LogP contribution in [0.3, 0.4) is 0 Å². The van der Waals surface area contributed by atoms with Gasteiger partial charge < -0.3 is 0 Å². The molecule has 5 nitrogen and oxygen atoms in total. The lowest BCUT2D eigenvalue weighted by molar-refractivity contribution is 0.112. The van der Waals surface area contributed by atoms with Crippen molar-refractivity contribution in [2.75, 3.05) is 5.75 Å². The number of hydrogen-bond acceptors (Lipinski definition) is 4. The van der Waals surface area contributed by atoms with Crippen LogP contribution >= 0.6 is 0 Å². The largest absolute Gasteiger partial charge is 0.298 e. The first-order chi connectivity index (χ1) is 10.4. The fourth-order valence-corrected chi connectivity index (χ4v) is 1.35. The maximum Gasteiger partial charge on any atom is 0.264 e. The first-order valence-electron chi connectivity index (χ1n) is 6.53. The third-order valence-electron chi connectivity index (χ3n) is 2.61. The van der Waals surface area contributed by atoms with E-state index in [4.69, 9.17) is 4.55 Å². The van der Waals surface area contributed by atoms with Crippen LogP contribution in [0.1, 0.15) is 28.4 Å². The normalized spacial score (nSPS) is 10.8. The van der Waals surface area contributed by atoms with Crippen LogP contribution in [0.25, 0.3) is 12.2 Å². The standard InChI is InChI=1S/C14H11NO.C2H6O3S/c16-11-14-5-3-12(4-6-14)1-2-13-7-9-15-10-8-13;1-2-6(3,4)5/h1-11H;2H2,1H3,(H,3,4,5). The first-order valence-corrected chi connectivity index (χ1v) is 8.14. The number of carbonyl (C=O) groups excluding carboxylic acids is 1. The van der Waals surface area contributed by atoms with Crippen molar-refractivity contribution in [3.05, 3.63) is 65.5 Å². The molecular formula is C16H17NO4S. The molecule has 2 aromatic rings. The average Bonchev–Trinajstić information content (AvgIpc) is 2.54. The third kappa shape index (κ3) is 7.47. The minimum absolute atomic E-state index is 0.201. The highest BCUT2D eigenvalue weighted by Crippen LogP contribution is 2.08. The van der Waals surface area contributed by atoms with Crippen molar-refractivity contribution in [2.24, 2.45) is 0 Å². The molecule has 0 aliphatic carbocycles. The molecule has 0 radical (unpaired) electrons. The molecule has 0 aliphatic rings. The Kier molecular flexibility index (Phi) is 7.15. The van der Waals surface area contributed by atoms with E-state index in [1.807, 2.05) is 36.4 Å². The van der Waals surface area contributed by atoms with E-state index in [1.54, 1.807) is 24.5 Å². The van der Waals surface area contributed by atoms with Crippen molar-refractivity contribution >= 4 is 28.6 Å². The highest BCUT2D eigenvalue weighted by atomic mass is 32.2. The smallest absolute Gasteiger partial charge is 0.264 e. The van der Waals surface area contributed by atoms with Gasteiger partial charge in [0.05, 0.1) is 5.75 Å². The summed E-state index contributed by atoms with van der Waals surface area (Å²) < 4.78 is 26.9. The van der Waals surface area contributed by atoms with Gasteiger partial charge in [0, 0.05) is 18.0 Å². The summed E-state index contributed by atoms with van der Waals surface area (Å²) in [5, 5.41) is 0. The molecule has 6 heteroatoms. The zero-order valence-electron chi connectivity index (χ0n) is 12.1. The molecule has 0 atom stereocenters. The van der Waals surface area contributed by atoms with Crippen LogP contribution in [0.2, 0.25) is 0 Å². The van der Waals surface area contributed by atoms with Gasteiger partial charge in [-0.25, -0.2) is 0 Å². The van der Waals surface area contributed by atoms with E-state index < -0.39 is 10.1 Å². The maximum absolute atomic E-state index is 10.5. The zero-order valence-corrected chi connectivity index (χ0v) is 12.9. The molecule has 116 valence electrons. The highest BCUT2D eigenvalue weighted by molar-refractivity contribution is 7.85. The van der Waals surface area contributed by atoms with Crippen molar-refractivity contribution in [3.8, 4) is 0 Å². The first kappa shape index (κ1) is 17.7. The molecule has 0 fully saturated rings. The van der Waals surface area contributed by atoms with Crippen molar-refractivity contribution in [1.29, 1.82) is 0 Å². The second kappa shape index (κ2) is 8.86. The Balaban J connectivity index is 0.000000346. The van der Waals surface area contributed by atoms with Gasteiger partial charge >= 0.3 is 0 Å². The van der Waals surface area contributed by atoms with Crippen molar-refractivity contribution in [2.45, 2.75) is 6.92 Å². The Morgan fingerprint density at radius 1 is 0.955 bits per heavy atom. The van der Waals surface area contributed by atoms with E-state index in [1.165, 1.54) is 6.92 Å². The summed E-state index contributed by atoms with van der Waals surface area (Å²) in [6.07, 6.45) is 8.38. The monoisotopic (exact) mass is 319 g/mol. The van der Waals surface area contributed by atoms with Gasteiger partial charge in [-0.2, -0.15) is 8.42 Å². The van der Waals surface area contributed by atoms with Gasteiger partial charge in [0.2, 0.25) is 0 Å². The second-order valence-corrected chi connectivity index (χ2v) is 6.01. The van der Waals surface area contributed by atoms with Gasteiger partial charge in [-0.05, 0) is 30.2 Å². The van der Waals surface area contributed by atoms with E-state index in [0.717, 1.165) is 17.4 Å². The summed E-state index contributed by atoms with van der Waals surface area (Å²) in [6.45, 7) is 1.37. The molecule has 2 rings (SSSR count). The van der Waals surface area contributed by atoms with Crippen LogP contribution < -0.4 is 0 Å². The predicted molar refractivity (Wildman–Crippen MR) is 87.1 cm³/mol.